The van der Waals surface area contributed by atoms with Crippen LogP contribution in [0.2, 0.25) is 0 Å². The molecule has 2 heterocycles. The second kappa shape index (κ2) is 9.52. The molecule has 0 saturated heterocycles. The monoisotopic (exact) mass is 371 g/mol. The molecular weight excluding hydrogens is 346 g/mol. The molecule has 1 aliphatic rings. The summed E-state index contributed by atoms with van der Waals surface area (Å²) in [6, 6.07) is 4.14. The number of thioether (sulfide) groups is 1. The molecule has 1 amide bonds. The van der Waals surface area contributed by atoms with E-state index in [1.165, 1.54) is 37.4 Å². The minimum atomic E-state index is 0.0676. The van der Waals surface area contributed by atoms with Gasteiger partial charge in [0.1, 0.15) is 0 Å². The van der Waals surface area contributed by atoms with E-state index in [4.69, 9.17) is 0 Å². The first kappa shape index (κ1) is 18.6. The lowest BCUT2D eigenvalue weighted by molar-refractivity contribution is -0.119. The molecule has 138 valence electrons. The Hall–Kier alpha value is -2.15. The second-order valence-corrected chi connectivity index (χ2v) is 7.43. The van der Waals surface area contributed by atoms with Gasteiger partial charge in [0.2, 0.25) is 5.91 Å². The van der Waals surface area contributed by atoms with Crippen molar-refractivity contribution in [2.24, 2.45) is 0 Å². The highest BCUT2D eigenvalue weighted by atomic mass is 32.2. The lowest BCUT2D eigenvalue weighted by Crippen LogP contribution is -2.35. The molecule has 0 bridgehead atoms. The summed E-state index contributed by atoms with van der Waals surface area (Å²) in [6.45, 7) is 4.40. The zero-order valence-corrected chi connectivity index (χ0v) is 15.7. The standard InChI is InChI=1S/C19H25N5OS/c1-2-12-24-18(15-8-7-11-20-13-15)22-23-19(24)26-14-17(25)21-16-9-5-3-4-6-10-16/h2,7-8,11,13,16H,1,3-6,9-10,12,14H2,(H,21,25). The molecule has 0 spiro atoms. The number of hydrogen-bond acceptors (Lipinski definition) is 5. The number of rotatable bonds is 7. The van der Waals surface area contributed by atoms with E-state index in [-0.39, 0.29) is 5.91 Å². The molecular formula is C19H25N5OS. The molecule has 0 radical (unpaired) electrons. The number of carbonyl (C=O) groups is 1. The van der Waals surface area contributed by atoms with Gasteiger partial charge in [-0.05, 0) is 25.0 Å². The Labute approximate surface area is 158 Å². The number of nitrogens with zero attached hydrogens (tertiary/aromatic N) is 4. The summed E-state index contributed by atoms with van der Waals surface area (Å²) >= 11 is 1.41. The third-order valence-corrected chi connectivity index (χ3v) is 5.47. The predicted molar refractivity (Wildman–Crippen MR) is 104 cm³/mol. The van der Waals surface area contributed by atoms with E-state index in [0.29, 0.717) is 18.3 Å². The molecule has 2 aromatic rings. The largest absolute Gasteiger partial charge is 0.353 e. The lowest BCUT2D eigenvalue weighted by Gasteiger charge is -2.16. The van der Waals surface area contributed by atoms with Crippen LogP contribution in [0.25, 0.3) is 11.4 Å². The summed E-state index contributed by atoms with van der Waals surface area (Å²) in [5, 5.41) is 12.4. The number of aromatic nitrogens is 4. The minimum absolute atomic E-state index is 0.0676. The average Bonchev–Trinajstić information content (AvgIpc) is 2.88. The van der Waals surface area contributed by atoms with Crippen molar-refractivity contribution in [1.29, 1.82) is 0 Å². The summed E-state index contributed by atoms with van der Waals surface area (Å²) < 4.78 is 1.97. The quantitative estimate of drug-likeness (QED) is 0.458. The Morgan fingerprint density at radius 1 is 1.31 bits per heavy atom. The zero-order valence-electron chi connectivity index (χ0n) is 14.9. The maximum Gasteiger partial charge on any atom is 0.230 e. The third kappa shape index (κ3) is 4.94. The van der Waals surface area contributed by atoms with Gasteiger partial charge in [-0.2, -0.15) is 0 Å². The summed E-state index contributed by atoms with van der Waals surface area (Å²) in [6.07, 6.45) is 12.5. The first-order valence-electron chi connectivity index (χ1n) is 9.14. The molecule has 3 rings (SSSR count). The summed E-state index contributed by atoms with van der Waals surface area (Å²) in [4.78, 5) is 16.5. The molecule has 1 aliphatic carbocycles. The number of pyridine rings is 1. The van der Waals surface area contributed by atoms with Crippen molar-refractivity contribution in [2.75, 3.05) is 5.75 Å². The molecule has 7 heteroatoms. The molecule has 1 saturated carbocycles. The van der Waals surface area contributed by atoms with Gasteiger partial charge < -0.3 is 5.32 Å². The molecule has 0 unspecified atom stereocenters. The number of carbonyl (C=O) groups excluding carboxylic acids is 1. The van der Waals surface area contributed by atoms with Crippen LogP contribution in [0.1, 0.15) is 38.5 Å². The van der Waals surface area contributed by atoms with Crippen LogP contribution in [0.5, 0.6) is 0 Å². The zero-order chi connectivity index (χ0) is 18.2. The van der Waals surface area contributed by atoms with Gasteiger partial charge in [-0.25, -0.2) is 0 Å². The van der Waals surface area contributed by atoms with Crippen LogP contribution in [0.15, 0.2) is 42.3 Å². The van der Waals surface area contributed by atoms with Crippen molar-refractivity contribution in [2.45, 2.75) is 56.3 Å². The Kier molecular flexibility index (Phi) is 6.82. The second-order valence-electron chi connectivity index (χ2n) is 6.49. The van der Waals surface area contributed by atoms with E-state index < -0.39 is 0 Å². The van der Waals surface area contributed by atoms with E-state index in [0.717, 1.165) is 29.4 Å². The predicted octanol–water partition coefficient (Wildman–Crippen LogP) is 3.46. The normalized spacial score (nSPS) is 15.4. The van der Waals surface area contributed by atoms with Gasteiger partial charge in [-0.1, -0.05) is 43.5 Å². The highest BCUT2D eigenvalue weighted by molar-refractivity contribution is 7.99. The molecule has 2 aromatic heterocycles. The van der Waals surface area contributed by atoms with E-state index in [1.54, 1.807) is 18.5 Å². The fraction of sp³-hybridized carbons (Fsp3) is 0.474. The van der Waals surface area contributed by atoms with Gasteiger partial charge in [0.15, 0.2) is 11.0 Å². The minimum Gasteiger partial charge on any atom is -0.353 e. The maximum atomic E-state index is 12.3. The van der Waals surface area contributed by atoms with Crippen LogP contribution in [-0.4, -0.2) is 37.5 Å². The summed E-state index contributed by atoms with van der Waals surface area (Å²) in [5.41, 5.74) is 0.900. The van der Waals surface area contributed by atoms with Gasteiger partial charge in [0.25, 0.3) is 0 Å². The van der Waals surface area contributed by atoms with Gasteiger partial charge in [0.05, 0.1) is 5.75 Å². The summed E-state index contributed by atoms with van der Waals surface area (Å²) in [5.74, 6) is 1.15. The van der Waals surface area contributed by atoms with Gasteiger partial charge in [0, 0.05) is 30.5 Å². The molecule has 0 aromatic carbocycles. The molecule has 0 aliphatic heterocycles. The fourth-order valence-corrected chi connectivity index (χ4v) is 3.98. The van der Waals surface area contributed by atoms with Crippen LogP contribution in [0, 0.1) is 0 Å². The first-order chi connectivity index (χ1) is 12.8. The Morgan fingerprint density at radius 3 is 2.81 bits per heavy atom. The van der Waals surface area contributed by atoms with Crippen molar-refractivity contribution in [3.8, 4) is 11.4 Å². The Balaban J connectivity index is 1.63. The fourth-order valence-electron chi connectivity index (χ4n) is 3.22. The molecule has 1 N–H and O–H groups in total. The van der Waals surface area contributed by atoms with Crippen molar-refractivity contribution in [1.82, 2.24) is 25.1 Å². The van der Waals surface area contributed by atoms with Crippen molar-refractivity contribution in [3.63, 3.8) is 0 Å². The van der Waals surface area contributed by atoms with E-state index in [9.17, 15) is 4.79 Å². The maximum absolute atomic E-state index is 12.3. The van der Waals surface area contributed by atoms with Gasteiger partial charge in [-0.15, -0.1) is 16.8 Å². The van der Waals surface area contributed by atoms with Crippen LogP contribution >= 0.6 is 11.8 Å². The Morgan fingerprint density at radius 2 is 2.12 bits per heavy atom. The molecule has 1 fully saturated rings. The number of nitrogens with one attached hydrogen (secondary N) is 1. The van der Waals surface area contributed by atoms with E-state index in [2.05, 4.69) is 27.1 Å². The SMILES string of the molecule is C=CCn1c(SCC(=O)NC2CCCCCC2)nnc1-c1cccnc1. The average molecular weight is 372 g/mol. The van der Waals surface area contributed by atoms with E-state index >= 15 is 0 Å². The van der Waals surface area contributed by atoms with Crippen molar-refractivity contribution >= 4 is 17.7 Å². The smallest absolute Gasteiger partial charge is 0.230 e. The van der Waals surface area contributed by atoms with Crippen molar-refractivity contribution < 1.29 is 4.79 Å². The van der Waals surface area contributed by atoms with Gasteiger partial charge in [-0.3, -0.25) is 14.3 Å². The summed E-state index contributed by atoms with van der Waals surface area (Å²) in [7, 11) is 0. The van der Waals surface area contributed by atoms with Crippen LogP contribution < -0.4 is 5.32 Å². The Bertz CT molecular complexity index is 723. The van der Waals surface area contributed by atoms with Crippen molar-refractivity contribution in [3.05, 3.63) is 37.2 Å². The highest BCUT2D eigenvalue weighted by Gasteiger charge is 2.17. The number of hydrogen-bond donors (Lipinski definition) is 1. The van der Waals surface area contributed by atoms with Gasteiger partial charge >= 0.3 is 0 Å². The molecule has 26 heavy (non-hydrogen) atoms. The van der Waals surface area contributed by atoms with E-state index in [1.807, 2.05) is 16.7 Å². The molecule has 0 atom stereocenters. The highest BCUT2D eigenvalue weighted by Crippen LogP contribution is 2.24. The lowest BCUT2D eigenvalue weighted by atomic mass is 10.1. The van der Waals surface area contributed by atoms with Crippen LogP contribution in [0.3, 0.4) is 0 Å². The first-order valence-corrected chi connectivity index (χ1v) is 10.1. The third-order valence-electron chi connectivity index (χ3n) is 4.50. The topological polar surface area (TPSA) is 72.7 Å². The van der Waals surface area contributed by atoms with Crippen LogP contribution in [0.4, 0.5) is 0 Å². The molecule has 6 nitrogen and oxygen atoms in total. The number of allylic oxidation sites excluding steroid dienone is 1. The number of amides is 1. The van der Waals surface area contributed by atoms with Crippen LogP contribution in [-0.2, 0) is 11.3 Å².